The van der Waals surface area contributed by atoms with E-state index in [4.69, 9.17) is 11.6 Å². The molecule has 1 fully saturated rings. The van der Waals surface area contributed by atoms with E-state index in [1.807, 2.05) is 42.5 Å². The van der Waals surface area contributed by atoms with Crippen LogP contribution in [0.25, 0.3) is 10.8 Å². The lowest BCUT2D eigenvalue weighted by Crippen LogP contribution is -2.54. The zero-order valence-electron chi connectivity index (χ0n) is 12.1. The molecule has 0 aromatic heterocycles. The average Bonchev–Trinajstić information content (AvgIpc) is 2.52. The van der Waals surface area contributed by atoms with Gasteiger partial charge in [0.1, 0.15) is 5.88 Å². The molecule has 5 heteroatoms. The molecule has 0 unspecified atom stereocenters. The monoisotopic (exact) mass is 316 g/mol. The maximum absolute atomic E-state index is 12.2. The van der Waals surface area contributed by atoms with Gasteiger partial charge in [-0.2, -0.15) is 0 Å². The highest BCUT2D eigenvalue weighted by molar-refractivity contribution is 6.27. The van der Waals surface area contributed by atoms with Crippen molar-refractivity contribution in [3.05, 3.63) is 48.0 Å². The minimum absolute atomic E-state index is 0.0240. The van der Waals surface area contributed by atoms with E-state index < -0.39 is 0 Å². The number of halogens is 1. The fourth-order valence-corrected chi connectivity index (χ4v) is 2.83. The van der Waals surface area contributed by atoms with Crippen LogP contribution in [-0.2, 0) is 4.79 Å². The van der Waals surface area contributed by atoms with E-state index in [0.717, 1.165) is 10.8 Å². The topological polar surface area (TPSA) is 49.4 Å². The first kappa shape index (κ1) is 14.9. The quantitative estimate of drug-likeness (QED) is 0.880. The molecule has 1 N–H and O–H groups in total. The van der Waals surface area contributed by atoms with E-state index in [2.05, 4.69) is 5.32 Å². The normalized spacial score (nSPS) is 14.7. The molecule has 1 heterocycles. The molecule has 0 bridgehead atoms. The van der Waals surface area contributed by atoms with E-state index >= 15 is 0 Å². The second-order valence-electron chi connectivity index (χ2n) is 5.57. The van der Waals surface area contributed by atoms with Crippen LogP contribution in [0.1, 0.15) is 10.4 Å². The number of fused-ring (bicyclic) bond motifs is 1. The number of rotatable bonds is 4. The minimum atomic E-state index is -0.0760. The van der Waals surface area contributed by atoms with Crippen LogP contribution in [0, 0.1) is 5.92 Å². The third-order valence-electron chi connectivity index (χ3n) is 3.99. The van der Waals surface area contributed by atoms with Gasteiger partial charge in [0, 0.05) is 31.1 Å². The summed E-state index contributed by atoms with van der Waals surface area (Å²) < 4.78 is 0. The van der Waals surface area contributed by atoms with Gasteiger partial charge in [-0.15, -0.1) is 11.6 Å². The molecule has 2 amide bonds. The van der Waals surface area contributed by atoms with E-state index in [0.29, 0.717) is 31.1 Å². The largest absolute Gasteiger partial charge is 0.352 e. The molecule has 1 saturated heterocycles. The second-order valence-corrected chi connectivity index (χ2v) is 5.84. The minimum Gasteiger partial charge on any atom is -0.352 e. The van der Waals surface area contributed by atoms with Crippen molar-refractivity contribution in [1.82, 2.24) is 10.2 Å². The van der Waals surface area contributed by atoms with Crippen LogP contribution >= 0.6 is 11.6 Å². The second kappa shape index (κ2) is 6.36. The van der Waals surface area contributed by atoms with Crippen molar-refractivity contribution in [2.24, 2.45) is 5.92 Å². The number of alkyl halides is 1. The highest BCUT2D eigenvalue weighted by atomic mass is 35.5. The number of nitrogens with one attached hydrogen (secondary N) is 1. The summed E-state index contributed by atoms with van der Waals surface area (Å²) in [7, 11) is 0. The van der Waals surface area contributed by atoms with E-state index in [9.17, 15) is 9.59 Å². The third-order valence-corrected chi connectivity index (χ3v) is 4.22. The van der Waals surface area contributed by atoms with E-state index in [1.165, 1.54) is 0 Å². The smallest absolute Gasteiger partial charge is 0.251 e. The predicted molar refractivity (Wildman–Crippen MR) is 87.1 cm³/mol. The van der Waals surface area contributed by atoms with Crippen LogP contribution < -0.4 is 5.32 Å². The molecule has 2 aromatic carbocycles. The molecule has 0 radical (unpaired) electrons. The molecule has 0 aliphatic carbocycles. The maximum atomic E-state index is 12.2. The van der Waals surface area contributed by atoms with Crippen molar-refractivity contribution in [2.45, 2.75) is 0 Å². The van der Waals surface area contributed by atoms with Crippen LogP contribution in [0.5, 0.6) is 0 Å². The molecule has 3 rings (SSSR count). The number of carbonyl (C=O) groups is 2. The molecule has 1 aliphatic heterocycles. The summed E-state index contributed by atoms with van der Waals surface area (Å²) in [5.74, 6) is 0.221. The van der Waals surface area contributed by atoms with Crippen LogP contribution in [0.15, 0.2) is 42.5 Å². The Hall–Kier alpha value is -2.07. The number of hydrogen-bond acceptors (Lipinski definition) is 2. The van der Waals surface area contributed by atoms with Gasteiger partial charge in [0.25, 0.3) is 5.91 Å². The van der Waals surface area contributed by atoms with Gasteiger partial charge in [0.15, 0.2) is 0 Å². The van der Waals surface area contributed by atoms with Crippen LogP contribution in [0.2, 0.25) is 0 Å². The van der Waals surface area contributed by atoms with Crippen molar-refractivity contribution < 1.29 is 9.59 Å². The SMILES string of the molecule is O=C(NCC1CN(C(=O)CCl)C1)c1ccc2ccccc2c1. The number of benzene rings is 2. The lowest BCUT2D eigenvalue weighted by Gasteiger charge is -2.39. The summed E-state index contributed by atoms with van der Waals surface area (Å²) in [6, 6.07) is 13.6. The molecule has 114 valence electrons. The Bertz CT molecular complexity index is 711. The summed E-state index contributed by atoms with van der Waals surface area (Å²) >= 11 is 5.50. The van der Waals surface area contributed by atoms with Crippen LogP contribution in [0.3, 0.4) is 0 Å². The van der Waals surface area contributed by atoms with Gasteiger partial charge in [-0.25, -0.2) is 0 Å². The van der Waals surface area contributed by atoms with Gasteiger partial charge in [0.05, 0.1) is 0 Å². The molecule has 0 atom stereocenters. The number of nitrogens with zero attached hydrogens (tertiary/aromatic N) is 1. The van der Waals surface area contributed by atoms with E-state index in [-0.39, 0.29) is 17.7 Å². The fraction of sp³-hybridized carbons (Fsp3) is 0.294. The van der Waals surface area contributed by atoms with Crippen LogP contribution in [-0.4, -0.2) is 42.2 Å². The first-order valence-electron chi connectivity index (χ1n) is 7.28. The van der Waals surface area contributed by atoms with Crippen molar-refractivity contribution in [3.63, 3.8) is 0 Å². The van der Waals surface area contributed by atoms with Gasteiger partial charge >= 0.3 is 0 Å². The van der Waals surface area contributed by atoms with Crippen molar-refractivity contribution in [1.29, 1.82) is 0 Å². The summed E-state index contributed by atoms with van der Waals surface area (Å²) in [4.78, 5) is 25.2. The number of likely N-dealkylation sites (tertiary alicyclic amines) is 1. The molecule has 1 aliphatic rings. The fourth-order valence-electron chi connectivity index (χ4n) is 2.66. The maximum Gasteiger partial charge on any atom is 0.251 e. The zero-order chi connectivity index (χ0) is 15.5. The highest BCUT2D eigenvalue weighted by Crippen LogP contribution is 2.17. The Kier molecular flexibility index (Phi) is 4.29. The standard InChI is InChI=1S/C17H17ClN2O2/c18-8-16(21)20-10-12(11-20)9-19-17(22)15-6-5-13-3-1-2-4-14(13)7-15/h1-7,12H,8-11H2,(H,19,22). The van der Waals surface area contributed by atoms with Gasteiger partial charge in [-0.05, 0) is 22.9 Å². The van der Waals surface area contributed by atoms with Gasteiger partial charge in [0.2, 0.25) is 5.91 Å². The summed E-state index contributed by atoms with van der Waals surface area (Å²) in [5, 5.41) is 5.11. The Morgan fingerprint density at radius 2 is 1.86 bits per heavy atom. The molecule has 0 saturated carbocycles. The van der Waals surface area contributed by atoms with Crippen molar-refractivity contribution >= 4 is 34.2 Å². The summed E-state index contributed by atoms with van der Waals surface area (Å²) in [6.45, 7) is 1.92. The number of amides is 2. The van der Waals surface area contributed by atoms with Gasteiger partial charge in [-0.3, -0.25) is 9.59 Å². The molecular weight excluding hydrogens is 300 g/mol. The van der Waals surface area contributed by atoms with Crippen molar-refractivity contribution in [3.8, 4) is 0 Å². The lowest BCUT2D eigenvalue weighted by molar-refractivity contribution is -0.134. The molecule has 22 heavy (non-hydrogen) atoms. The third kappa shape index (κ3) is 3.07. The number of hydrogen-bond donors (Lipinski definition) is 1. The summed E-state index contributed by atoms with van der Waals surface area (Å²) in [6.07, 6.45) is 0. The first-order chi connectivity index (χ1) is 10.7. The Labute approximate surface area is 134 Å². The first-order valence-corrected chi connectivity index (χ1v) is 7.81. The van der Waals surface area contributed by atoms with Gasteiger partial charge < -0.3 is 10.2 Å². The molecular formula is C17H17ClN2O2. The molecule has 4 nitrogen and oxygen atoms in total. The predicted octanol–water partition coefficient (Wildman–Crippen LogP) is 2.27. The molecule has 2 aromatic rings. The Balaban J connectivity index is 1.55. The highest BCUT2D eigenvalue weighted by Gasteiger charge is 2.30. The lowest BCUT2D eigenvalue weighted by atomic mass is 10.00. The molecule has 0 spiro atoms. The Morgan fingerprint density at radius 3 is 2.59 bits per heavy atom. The number of carbonyl (C=O) groups excluding carboxylic acids is 2. The Morgan fingerprint density at radius 1 is 1.14 bits per heavy atom. The van der Waals surface area contributed by atoms with Crippen LogP contribution in [0.4, 0.5) is 0 Å². The zero-order valence-corrected chi connectivity index (χ0v) is 12.8. The average molecular weight is 317 g/mol. The van der Waals surface area contributed by atoms with Gasteiger partial charge in [-0.1, -0.05) is 30.3 Å². The van der Waals surface area contributed by atoms with Crippen molar-refractivity contribution in [2.75, 3.05) is 25.5 Å². The summed E-state index contributed by atoms with van der Waals surface area (Å²) in [5.41, 5.74) is 0.659. The van der Waals surface area contributed by atoms with E-state index in [1.54, 1.807) is 4.90 Å².